The average Bonchev–Trinajstić information content (AvgIpc) is 3.25. The first-order valence-corrected chi connectivity index (χ1v) is 10.2. The Balaban J connectivity index is 1.48. The summed E-state index contributed by atoms with van der Waals surface area (Å²) in [5.41, 5.74) is 3.37. The van der Waals surface area contributed by atoms with Crippen molar-refractivity contribution in [1.29, 1.82) is 0 Å². The fraction of sp³-hybridized carbons (Fsp3) is 0.238. The molecule has 154 valence electrons. The number of imidazole rings is 1. The van der Waals surface area contributed by atoms with Crippen molar-refractivity contribution in [2.45, 2.75) is 23.9 Å². The molecule has 0 atom stereocenters. The summed E-state index contributed by atoms with van der Waals surface area (Å²) in [4.78, 5) is 22.3. The molecule has 8 nitrogen and oxygen atoms in total. The molecule has 0 saturated carbocycles. The summed E-state index contributed by atoms with van der Waals surface area (Å²) in [6.07, 6.45) is 3.62. The van der Waals surface area contributed by atoms with Gasteiger partial charge >= 0.3 is 0 Å². The van der Waals surface area contributed by atoms with E-state index in [0.29, 0.717) is 11.6 Å². The van der Waals surface area contributed by atoms with Gasteiger partial charge in [0, 0.05) is 37.1 Å². The van der Waals surface area contributed by atoms with Crippen LogP contribution < -0.4 is 10.1 Å². The Kier molecular flexibility index (Phi) is 5.45. The second kappa shape index (κ2) is 8.19. The molecule has 1 N–H and O–H groups in total. The monoisotopic (exact) mass is 422 g/mol. The van der Waals surface area contributed by atoms with Gasteiger partial charge in [-0.2, -0.15) is 0 Å². The van der Waals surface area contributed by atoms with Crippen molar-refractivity contribution in [3.05, 3.63) is 54.0 Å². The van der Waals surface area contributed by atoms with E-state index in [-0.39, 0.29) is 12.5 Å². The van der Waals surface area contributed by atoms with Crippen molar-refractivity contribution in [2.24, 2.45) is 14.1 Å². The van der Waals surface area contributed by atoms with E-state index in [1.807, 2.05) is 69.0 Å². The maximum absolute atomic E-state index is 12.6. The molecule has 0 bridgehead atoms. The predicted octanol–water partition coefficient (Wildman–Crippen LogP) is 3.49. The number of fused-ring (bicyclic) bond motifs is 1. The lowest BCUT2D eigenvalue weighted by atomic mass is 10.2. The fourth-order valence-electron chi connectivity index (χ4n) is 3.18. The standard InChI is InChI=1S/C21H22N6O2S/c1-13-11-14(2)23-19-18(13)20(25-27(19)4)29-12-17(28)24-15-7-5-6-8-16(15)30-21-22-9-10-26(21)3/h5-11H,12H2,1-4H3,(H,24,28). The highest BCUT2D eigenvalue weighted by Crippen LogP contribution is 2.32. The van der Waals surface area contributed by atoms with Gasteiger partial charge in [-0.25, -0.2) is 14.6 Å². The summed E-state index contributed by atoms with van der Waals surface area (Å²) in [6, 6.07) is 9.58. The number of aromatic nitrogens is 5. The van der Waals surface area contributed by atoms with Crippen molar-refractivity contribution in [1.82, 2.24) is 24.3 Å². The van der Waals surface area contributed by atoms with Crippen LogP contribution in [0.15, 0.2) is 52.8 Å². The molecule has 30 heavy (non-hydrogen) atoms. The van der Waals surface area contributed by atoms with Gasteiger partial charge in [-0.1, -0.05) is 12.1 Å². The Labute approximate surface area is 178 Å². The van der Waals surface area contributed by atoms with Crippen LogP contribution in [0.25, 0.3) is 11.0 Å². The van der Waals surface area contributed by atoms with Gasteiger partial charge in [-0.3, -0.25) is 4.79 Å². The molecule has 0 unspecified atom stereocenters. The van der Waals surface area contributed by atoms with Crippen LogP contribution in [0.3, 0.4) is 0 Å². The minimum absolute atomic E-state index is 0.152. The highest BCUT2D eigenvalue weighted by Gasteiger charge is 2.16. The van der Waals surface area contributed by atoms with E-state index in [2.05, 4.69) is 20.4 Å². The van der Waals surface area contributed by atoms with Crippen LogP contribution in [-0.4, -0.2) is 36.8 Å². The van der Waals surface area contributed by atoms with Crippen LogP contribution >= 0.6 is 11.8 Å². The molecule has 1 aromatic carbocycles. The number of carbonyl (C=O) groups is 1. The van der Waals surface area contributed by atoms with E-state index in [9.17, 15) is 4.79 Å². The molecule has 0 aliphatic heterocycles. The van der Waals surface area contributed by atoms with E-state index < -0.39 is 0 Å². The second-order valence-corrected chi connectivity index (χ2v) is 7.97. The zero-order valence-corrected chi connectivity index (χ0v) is 18.0. The second-order valence-electron chi connectivity index (χ2n) is 6.96. The van der Waals surface area contributed by atoms with Crippen LogP contribution in [0.5, 0.6) is 5.88 Å². The lowest BCUT2D eigenvalue weighted by Gasteiger charge is -2.11. The van der Waals surface area contributed by atoms with Crippen molar-refractivity contribution in [3.63, 3.8) is 0 Å². The average molecular weight is 423 g/mol. The molecule has 3 heterocycles. The topological polar surface area (TPSA) is 86.9 Å². The number of hydrogen-bond donors (Lipinski definition) is 1. The third-order valence-electron chi connectivity index (χ3n) is 4.57. The zero-order valence-electron chi connectivity index (χ0n) is 17.2. The Morgan fingerprint density at radius 2 is 2.03 bits per heavy atom. The minimum atomic E-state index is -0.264. The van der Waals surface area contributed by atoms with Gasteiger partial charge in [0.15, 0.2) is 17.4 Å². The molecule has 4 rings (SSSR count). The molecule has 0 saturated heterocycles. The van der Waals surface area contributed by atoms with Gasteiger partial charge in [0.2, 0.25) is 5.88 Å². The van der Waals surface area contributed by atoms with Gasteiger partial charge in [0.05, 0.1) is 11.1 Å². The number of nitrogens with one attached hydrogen (secondary N) is 1. The Bertz CT molecular complexity index is 1230. The van der Waals surface area contributed by atoms with E-state index in [4.69, 9.17) is 4.74 Å². The summed E-state index contributed by atoms with van der Waals surface area (Å²) < 4.78 is 9.35. The number of para-hydroxylation sites is 1. The van der Waals surface area contributed by atoms with Gasteiger partial charge < -0.3 is 14.6 Å². The molecule has 0 radical (unpaired) electrons. The number of anilines is 1. The first kappa shape index (κ1) is 20.0. The third kappa shape index (κ3) is 4.02. The number of nitrogens with zero attached hydrogens (tertiary/aromatic N) is 5. The van der Waals surface area contributed by atoms with E-state index in [0.717, 1.165) is 32.3 Å². The lowest BCUT2D eigenvalue weighted by Crippen LogP contribution is -2.20. The quantitative estimate of drug-likeness (QED) is 0.512. The molecule has 9 heteroatoms. The van der Waals surface area contributed by atoms with Gasteiger partial charge in [-0.05, 0) is 49.4 Å². The Morgan fingerprint density at radius 3 is 2.80 bits per heavy atom. The van der Waals surface area contributed by atoms with E-state index in [1.54, 1.807) is 10.9 Å². The fourth-order valence-corrected chi connectivity index (χ4v) is 4.07. The Hall–Kier alpha value is -3.33. The molecule has 1 amide bonds. The maximum Gasteiger partial charge on any atom is 0.262 e. The largest absolute Gasteiger partial charge is 0.466 e. The summed E-state index contributed by atoms with van der Waals surface area (Å²) in [6.45, 7) is 3.77. The van der Waals surface area contributed by atoms with Crippen LogP contribution in [-0.2, 0) is 18.9 Å². The van der Waals surface area contributed by atoms with Crippen LogP contribution in [0.4, 0.5) is 5.69 Å². The predicted molar refractivity (Wildman–Crippen MR) is 116 cm³/mol. The normalized spacial score (nSPS) is 11.1. The molecule has 0 fully saturated rings. The molecule has 3 aromatic heterocycles. The molecule has 0 spiro atoms. The number of amides is 1. The number of ether oxygens (including phenoxy) is 1. The summed E-state index contributed by atoms with van der Waals surface area (Å²) in [5.74, 6) is 0.141. The third-order valence-corrected chi connectivity index (χ3v) is 5.72. The number of aryl methyl sites for hydroxylation is 4. The van der Waals surface area contributed by atoms with Crippen molar-refractivity contribution < 1.29 is 9.53 Å². The van der Waals surface area contributed by atoms with Crippen molar-refractivity contribution >= 4 is 34.4 Å². The van der Waals surface area contributed by atoms with Gasteiger partial charge in [0.1, 0.15) is 0 Å². The molecular formula is C21H22N6O2S. The summed E-state index contributed by atoms with van der Waals surface area (Å²) in [5, 5.41) is 8.96. The highest BCUT2D eigenvalue weighted by atomic mass is 32.2. The number of benzene rings is 1. The molecule has 0 aliphatic rings. The van der Waals surface area contributed by atoms with Crippen molar-refractivity contribution in [3.8, 4) is 5.88 Å². The lowest BCUT2D eigenvalue weighted by molar-refractivity contribution is -0.118. The number of hydrogen-bond acceptors (Lipinski definition) is 6. The molecular weight excluding hydrogens is 400 g/mol. The number of carbonyl (C=O) groups excluding carboxylic acids is 1. The van der Waals surface area contributed by atoms with Crippen LogP contribution in [0.2, 0.25) is 0 Å². The number of rotatable bonds is 6. The minimum Gasteiger partial charge on any atom is -0.466 e. The Morgan fingerprint density at radius 1 is 1.23 bits per heavy atom. The molecule has 0 aliphatic carbocycles. The maximum atomic E-state index is 12.6. The van der Waals surface area contributed by atoms with Crippen LogP contribution in [0, 0.1) is 13.8 Å². The molecule has 4 aromatic rings. The van der Waals surface area contributed by atoms with E-state index in [1.165, 1.54) is 11.8 Å². The summed E-state index contributed by atoms with van der Waals surface area (Å²) >= 11 is 1.48. The van der Waals surface area contributed by atoms with Gasteiger partial charge in [0.25, 0.3) is 5.91 Å². The SMILES string of the molecule is Cc1cc(C)c2c(OCC(=O)Nc3ccccc3Sc3nccn3C)nn(C)c2n1. The number of pyridine rings is 1. The zero-order chi connectivity index (χ0) is 21.3. The smallest absolute Gasteiger partial charge is 0.262 e. The van der Waals surface area contributed by atoms with Crippen molar-refractivity contribution in [2.75, 3.05) is 11.9 Å². The van der Waals surface area contributed by atoms with Crippen LogP contribution in [0.1, 0.15) is 11.3 Å². The first-order valence-electron chi connectivity index (χ1n) is 9.40. The van der Waals surface area contributed by atoms with Gasteiger partial charge in [-0.15, -0.1) is 5.10 Å². The summed E-state index contributed by atoms with van der Waals surface area (Å²) in [7, 11) is 3.74. The highest BCUT2D eigenvalue weighted by molar-refractivity contribution is 7.99. The first-order chi connectivity index (χ1) is 14.4. The van der Waals surface area contributed by atoms with E-state index >= 15 is 0 Å².